The Morgan fingerprint density at radius 3 is 2.53 bits per heavy atom. The zero-order chi connectivity index (χ0) is 13.1. The van der Waals surface area contributed by atoms with Gasteiger partial charge in [0.05, 0.1) is 0 Å². The van der Waals surface area contributed by atoms with E-state index in [1.165, 1.54) is 6.42 Å². The SMILES string of the molecule is CC(C)N(CC1CCCN1)C(=O)OC(C)(C)C. The van der Waals surface area contributed by atoms with Crippen LogP contribution in [0.5, 0.6) is 0 Å². The number of nitrogens with zero attached hydrogens (tertiary/aromatic N) is 1. The standard InChI is InChI=1S/C13H26N2O2/c1-10(2)15(9-11-7-6-8-14-11)12(16)17-13(3,4)5/h10-11,14H,6-9H2,1-5H3. The minimum atomic E-state index is -0.423. The van der Waals surface area contributed by atoms with Crippen LogP contribution in [0.25, 0.3) is 0 Å². The highest BCUT2D eigenvalue weighted by Crippen LogP contribution is 2.14. The van der Waals surface area contributed by atoms with Gasteiger partial charge in [0.2, 0.25) is 0 Å². The molecule has 1 amide bonds. The number of carbonyl (C=O) groups is 1. The van der Waals surface area contributed by atoms with E-state index in [0.717, 1.165) is 19.5 Å². The molecule has 0 aliphatic carbocycles. The lowest BCUT2D eigenvalue weighted by molar-refractivity contribution is 0.0174. The summed E-state index contributed by atoms with van der Waals surface area (Å²) < 4.78 is 5.43. The second kappa shape index (κ2) is 5.71. The van der Waals surface area contributed by atoms with Crippen molar-refractivity contribution in [2.45, 2.75) is 65.1 Å². The van der Waals surface area contributed by atoms with Crippen LogP contribution in [-0.4, -0.2) is 41.8 Å². The topological polar surface area (TPSA) is 41.6 Å². The molecule has 0 radical (unpaired) electrons. The average Bonchev–Trinajstić information content (AvgIpc) is 2.62. The number of hydrogen-bond acceptors (Lipinski definition) is 3. The van der Waals surface area contributed by atoms with E-state index in [-0.39, 0.29) is 12.1 Å². The van der Waals surface area contributed by atoms with Gasteiger partial charge in [-0.25, -0.2) is 4.79 Å². The largest absolute Gasteiger partial charge is 0.444 e. The zero-order valence-corrected chi connectivity index (χ0v) is 11.7. The molecule has 1 atom stereocenters. The van der Waals surface area contributed by atoms with Crippen molar-refractivity contribution in [3.63, 3.8) is 0 Å². The molecule has 1 aliphatic rings. The van der Waals surface area contributed by atoms with E-state index in [1.54, 1.807) is 0 Å². The smallest absolute Gasteiger partial charge is 0.410 e. The van der Waals surface area contributed by atoms with Crippen molar-refractivity contribution in [2.24, 2.45) is 0 Å². The lowest BCUT2D eigenvalue weighted by Gasteiger charge is -2.31. The molecular weight excluding hydrogens is 216 g/mol. The predicted octanol–water partition coefficient (Wildman–Crippen LogP) is 2.38. The van der Waals surface area contributed by atoms with Gasteiger partial charge in [0.15, 0.2) is 0 Å². The lowest BCUT2D eigenvalue weighted by Crippen LogP contribution is -2.46. The predicted molar refractivity (Wildman–Crippen MR) is 69.1 cm³/mol. The van der Waals surface area contributed by atoms with Crippen molar-refractivity contribution in [3.8, 4) is 0 Å². The van der Waals surface area contributed by atoms with Gasteiger partial charge in [-0.3, -0.25) is 0 Å². The molecule has 0 aromatic heterocycles. The Morgan fingerprint density at radius 2 is 2.12 bits per heavy atom. The van der Waals surface area contributed by atoms with Crippen LogP contribution in [0.1, 0.15) is 47.5 Å². The fourth-order valence-corrected chi connectivity index (χ4v) is 1.97. The Labute approximate surface area is 105 Å². The van der Waals surface area contributed by atoms with Gasteiger partial charge in [-0.2, -0.15) is 0 Å². The lowest BCUT2D eigenvalue weighted by atomic mass is 10.2. The molecule has 1 fully saturated rings. The fourth-order valence-electron chi connectivity index (χ4n) is 1.97. The van der Waals surface area contributed by atoms with E-state index in [1.807, 2.05) is 39.5 Å². The van der Waals surface area contributed by atoms with Crippen molar-refractivity contribution < 1.29 is 9.53 Å². The number of nitrogens with one attached hydrogen (secondary N) is 1. The zero-order valence-electron chi connectivity index (χ0n) is 11.7. The maximum absolute atomic E-state index is 12.1. The summed E-state index contributed by atoms with van der Waals surface area (Å²) in [4.78, 5) is 13.9. The molecule has 4 heteroatoms. The minimum Gasteiger partial charge on any atom is -0.444 e. The van der Waals surface area contributed by atoms with E-state index in [9.17, 15) is 4.79 Å². The third kappa shape index (κ3) is 4.94. The summed E-state index contributed by atoms with van der Waals surface area (Å²) in [7, 11) is 0. The first-order valence-corrected chi connectivity index (χ1v) is 6.52. The molecule has 0 saturated carbocycles. The van der Waals surface area contributed by atoms with Gasteiger partial charge >= 0.3 is 6.09 Å². The van der Waals surface area contributed by atoms with Gasteiger partial charge in [0.1, 0.15) is 5.60 Å². The molecule has 0 spiro atoms. The van der Waals surface area contributed by atoms with Crippen molar-refractivity contribution in [2.75, 3.05) is 13.1 Å². The number of carbonyl (C=O) groups excluding carboxylic acids is 1. The van der Waals surface area contributed by atoms with Crippen molar-refractivity contribution >= 4 is 6.09 Å². The fraction of sp³-hybridized carbons (Fsp3) is 0.923. The quantitative estimate of drug-likeness (QED) is 0.826. The Kier molecular flexibility index (Phi) is 4.80. The average molecular weight is 242 g/mol. The minimum absolute atomic E-state index is 0.173. The first-order chi connectivity index (χ1) is 7.79. The first kappa shape index (κ1) is 14.3. The van der Waals surface area contributed by atoms with Crippen molar-refractivity contribution in [1.29, 1.82) is 0 Å². The molecule has 4 nitrogen and oxygen atoms in total. The van der Waals surface area contributed by atoms with E-state index < -0.39 is 5.60 Å². The Bertz CT molecular complexity index is 253. The summed E-state index contributed by atoms with van der Waals surface area (Å²) in [6.45, 7) is 11.6. The first-order valence-electron chi connectivity index (χ1n) is 6.52. The summed E-state index contributed by atoms with van der Waals surface area (Å²) in [6.07, 6.45) is 2.14. The summed E-state index contributed by atoms with van der Waals surface area (Å²) in [6, 6.07) is 0.595. The Hall–Kier alpha value is -0.770. The number of amides is 1. The van der Waals surface area contributed by atoms with E-state index >= 15 is 0 Å². The maximum Gasteiger partial charge on any atom is 0.410 e. The van der Waals surface area contributed by atoms with Crippen LogP contribution in [0.4, 0.5) is 4.79 Å². The van der Waals surface area contributed by atoms with Crippen LogP contribution in [0, 0.1) is 0 Å². The van der Waals surface area contributed by atoms with E-state index in [4.69, 9.17) is 4.74 Å². The van der Waals surface area contributed by atoms with Crippen LogP contribution in [0.15, 0.2) is 0 Å². The monoisotopic (exact) mass is 242 g/mol. The highest BCUT2D eigenvalue weighted by Gasteiger charge is 2.27. The third-order valence-corrected chi connectivity index (χ3v) is 2.83. The van der Waals surface area contributed by atoms with Gasteiger partial charge in [0.25, 0.3) is 0 Å². The highest BCUT2D eigenvalue weighted by molar-refractivity contribution is 5.68. The van der Waals surface area contributed by atoms with Gasteiger partial charge in [-0.15, -0.1) is 0 Å². The van der Waals surface area contributed by atoms with Crippen LogP contribution < -0.4 is 5.32 Å². The molecule has 1 saturated heterocycles. The number of ether oxygens (including phenoxy) is 1. The molecule has 1 N–H and O–H groups in total. The van der Waals surface area contributed by atoms with E-state index in [2.05, 4.69) is 5.32 Å². The van der Waals surface area contributed by atoms with Crippen LogP contribution >= 0.6 is 0 Å². The molecule has 17 heavy (non-hydrogen) atoms. The van der Waals surface area contributed by atoms with Crippen molar-refractivity contribution in [3.05, 3.63) is 0 Å². The van der Waals surface area contributed by atoms with Gasteiger partial charge in [-0.05, 0) is 54.0 Å². The maximum atomic E-state index is 12.1. The second-order valence-corrected chi connectivity index (χ2v) is 6.02. The second-order valence-electron chi connectivity index (χ2n) is 6.02. The summed E-state index contributed by atoms with van der Waals surface area (Å²) in [5, 5.41) is 3.41. The molecular formula is C13H26N2O2. The molecule has 100 valence electrons. The Morgan fingerprint density at radius 1 is 1.47 bits per heavy atom. The van der Waals surface area contributed by atoms with Crippen molar-refractivity contribution in [1.82, 2.24) is 10.2 Å². The molecule has 1 heterocycles. The number of hydrogen-bond donors (Lipinski definition) is 1. The normalized spacial score (nSPS) is 20.7. The van der Waals surface area contributed by atoms with Gasteiger partial charge < -0.3 is 15.0 Å². The molecule has 1 aliphatic heterocycles. The molecule has 1 rings (SSSR count). The Balaban J connectivity index is 2.55. The molecule has 0 aromatic carbocycles. The third-order valence-electron chi connectivity index (χ3n) is 2.83. The summed E-state index contributed by atoms with van der Waals surface area (Å²) in [5.41, 5.74) is -0.423. The van der Waals surface area contributed by atoms with Gasteiger partial charge in [0, 0.05) is 18.6 Å². The van der Waals surface area contributed by atoms with Crippen LogP contribution in [0.2, 0.25) is 0 Å². The van der Waals surface area contributed by atoms with E-state index in [0.29, 0.717) is 6.04 Å². The summed E-state index contributed by atoms with van der Waals surface area (Å²) >= 11 is 0. The summed E-state index contributed by atoms with van der Waals surface area (Å²) in [5.74, 6) is 0. The highest BCUT2D eigenvalue weighted by atomic mass is 16.6. The molecule has 0 aromatic rings. The number of rotatable bonds is 3. The van der Waals surface area contributed by atoms with Gasteiger partial charge in [-0.1, -0.05) is 0 Å². The molecule has 1 unspecified atom stereocenters. The van der Waals surface area contributed by atoms with Crippen LogP contribution in [-0.2, 0) is 4.74 Å². The van der Waals surface area contributed by atoms with Crippen LogP contribution in [0.3, 0.4) is 0 Å². The molecule has 0 bridgehead atoms.